The first-order chi connectivity index (χ1) is 9.38. The molecule has 0 radical (unpaired) electrons. The Hall–Kier alpha value is -2.56. The van der Waals surface area contributed by atoms with Gasteiger partial charge in [-0.1, -0.05) is 18.7 Å². The standard InChI is InChI=1S/C15H17NO4/c1-10(2)9-20-13-6-4-12(5-7-13)8-14(15(18)19)16-11(3)17/h4-8H,1,9H2,2-3H3,(H,16,17)(H,18,19). The molecule has 20 heavy (non-hydrogen) atoms. The van der Waals surface area contributed by atoms with E-state index >= 15 is 0 Å². The Kier molecular flexibility index (Phi) is 5.53. The zero-order chi connectivity index (χ0) is 15.1. The summed E-state index contributed by atoms with van der Waals surface area (Å²) in [6.45, 7) is 7.29. The molecule has 0 saturated heterocycles. The maximum Gasteiger partial charge on any atom is 0.352 e. The first kappa shape index (κ1) is 15.5. The van der Waals surface area contributed by atoms with Crippen LogP contribution in [0, 0.1) is 0 Å². The van der Waals surface area contributed by atoms with Crippen molar-refractivity contribution >= 4 is 18.0 Å². The molecule has 0 saturated carbocycles. The molecule has 0 spiro atoms. The highest BCUT2D eigenvalue weighted by molar-refractivity contribution is 5.96. The number of hydrogen-bond donors (Lipinski definition) is 2. The minimum absolute atomic E-state index is 0.173. The number of carboxylic acids is 1. The van der Waals surface area contributed by atoms with Gasteiger partial charge in [0.1, 0.15) is 18.1 Å². The van der Waals surface area contributed by atoms with Crippen molar-refractivity contribution in [3.63, 3.8) is 0 Å². The summed E-state index contributed by atoms with van der Waals surface area (Å²) in [5, 5.41) is 11.2. The summed E-state index contributed by atoms with van der Waals surface area (Å²) in [7, 11) is 0. The van der Waals surface area contributed by atoms with E-state index in [1.54, 1.807) is 24.3 Å². The molecule has 0 aliphatic rings. The van der Waals surface area contributed by atoms with Gasteiger partial charge < -0.3 is 15.2 Å². The number of nitrogens with one attached hydrogen (secondary N) is 1. The molecule has 0 aliphatic carbocycles. The first-order valence-corrected chi connectivity index (χ1v) is 5.98. The maximum atomic E-state index is 11.0. The average Bonchev–Trinajstić information content (AvgIpc) is 2.36. The summed E-state index contributed by atoms with van der Waals surface area (Å²) >= 11 is 0. The SMILES string of the molecule is C=C(C)COc1ccc(C=C(NC(C)=O)C(=O)O)cc1. The summed E-state index contributed by atoms with van der Waals surface area (Å²) in [4.78, 5) is 21.9. The fourth-order valence-electron chi connectivity index (χ4n) is 1.37. The van der Waals surface area contributed by atoms with Crippen molar-refractivity contribution in [3.05, 3.63) is 47.7 Å². The van der Waals surface area contributed by atoms with E-state index in [0.717, 1.165) is 5.57 Å². The lowest BCUT2D eigenvalue weighted by atomic mass is 10.2. The smallest absolute Gasteiger partial charge is 0.352 e. The van der Waals surface area contributed by atoms with Gasteiger partial charge in [0.05, 0.1) is 0 Å². The summed E-state index contributed by atoms with van der Waals surface area (Å²) in [6.07, 6.45) is 1.38. The number of carbonyl (C=O) groups is 2. The third-order valence-corrected chi connectivity index (χ3v) is 2.22. The lowest BCUT2D eigenvalue weighted by Gasteiger charge is -2.06. The van der Waals surface area contributed by atoms with Crippen LogP contribution in [0.25, 0.3) is 6.08 Å². The van der Waals surface area contributed by atoms with E-state index in [4.69, 9.17) is 9.84 Å². The van der Waals surface area contributed by atoms with Crippen molar-refractivity contribution in [1.29, 1.82) is 0 Å². The molecule has 0 bridgehead atoms. The van der Waals surface area contributed by atoms with Gasteiger partial charge in [0.2, 0.25) is 5.91 Å². The third kappa shape index (κ3) is 5.39. The predicted octanol–water partition coefficient (Wildman–Crippen LogP) is 2.20. The molecular weight excluding hydrogens is 258 g/mol. The number of carbonyl (C=O) groups excluding carboxylic acids is 1. The molecule has 0 aliphatic heterocycles. The Morgan fingerprint density at radius 2 is 1.90 bits per heavy atom. The van der Waals surface area contributed by atoms with Gasteiger partial charge in [-0.05, 0) is 36.3 Å². The van der Waals surface area contributed by atoms with Crippen LogP contribution < -0.4 is 10.1 Å². The summed E-state index contributed by atoms with van der Waals surface area (Å²) in [5.41, 5.74) is 1.39. The van der Waals surface area contributed by atoms with Gasteiger partial charge >= 0.3 is 5.97 Å². The number of benzene rings is 1. The minimum atomic E-state index is -1.19. The number of rotatable bonds is 6. The topological polar surface area (TPSA) is 75.6 Å². The molecule has 0 unspecified atom stereocenters. The second-order valence-corrected chi connectivity index (χ2v) is 4.36. The summed E-state index contributed by atoms with van der Waals surface area (Å²) in [5.74, 6) is -0.954. The van der Waals surface area contributed by atoms with Crippen molar-refractivity contribution in [1.82, 2.24) is 5.32 Å². The Morgan fingerprint density at radius 1 is 1.30 bits per heavy atom. The van der Waals surface area contributed by atoms with Gasteiger partial charge in [-0.2, -0.15) is 0 Å². The maximum absolute atomic E-state index is 11.0. The lowest BCUT2D eigenvalue weighted by molar-refractivity contribution is -0.134. The first-order valence-electron chi connectivity index (χ1n) is 5.98. The Balaban J connectivity index is 2.83. The zero-order valence-electron chi connectivity index (χ0n) is 11.5. The van der Waals surface area contributed by atoms with Crippen molar-refractivity contribution in [3.8, 4) is 5.75 Å². The Bertz CT molecular complexity index is 543. The second kappa shape index (κ2) is 7.13. The molecule has 1 rings (SSSR count). The van der Waals surface area contributed by atoms with Gasteiger partial charge in [0.15, 0.2) is 0 Å². The van der Waals surface area contributed by atoms with E-state index in [0.29, 0.717) is 17.9 Å². The van der Waals surface area contributed by atoms with Gasteiger partial charge in [-0.3, -0.25) is 4.79 Å². The molecule has 1 aromatic rings. The normalized spacial score (nSPS) is 10.8. The summed E-state index contributed by atoms with van der Waals surface area (Å²) in [6, 6.07) is 6.86. The van der Waals surface area contributed by atoms with E-state index < -0.39 is 11.9 Å². The molecular formula is C15H17NO4. The van der Waals surface area contributed by atoms with E-state index in [-0.39, 0.29) is 5.70 Å². The molecule has 1 aromatic carbocycles. The van der Waals surface area contributed by atoms with Gasteiger partial charge in [-0.15, -0.1) is 0 Å². The molecule has 0 aromatic heterocycles. The van der Waals surface area contributed by atoms with Gasteiger partial charge in [0.25, 0.3) is 0 Å². The predicted molar refractivity (Wildman–Crippen MR) is 76.2 cm³/mol. The van der Waals surface area contributed by atoms with Crippen LogP contribution in [-0.2, 0) is 9.59 Å². The van der Waals surface area contributed by atoms with E-state index in [9.17, 15) is 9.59 Å². The highest BCUT2D eigenvalue weighted by Crippen LogP contribution is 2.14. The monoisotopic (exact) mass is 275 g/mol. The third-order valence-electron chi connectivity index (χ3n) is 2.22. The van der Waals surface area contributed by atoms with E-state index in [1.807, 2.05) is 6.92 Å². The molecule has 106 valence electrons. The van der Waals surface area contributed by atoms with Crippen LogP contribution in [-0.4, -0.2) is 23.6 Å². The number of amides is 1. The van der Waals surface area contributed by atoms with Crippen LogP contribution >= 0.6 is 0 Å². The molecule has 5 heteroatoms. The van der Waals surface area contributed by atoms with Crippen LogP contribution in [0.4, 0.5) is 0 Å². The number of aliphatic carboxylic acids is 1. The van der Waals surface area contributed by atoms with Crippen molar-refractivity contribution in [2.24, 2.45) is 0 Å². The van der Waals surface area contributed by atoms with Crippen LogP contribution in [0.1, 0.15) is 19.4 Å². The van der Waals surface area contributed by atoms with Crippen LogP contribution in [0.15, 0.2) is 42.1 Å². The van der Waals surface area contributed by atoms with E-state index in [1.165, 1.54) is 13.0 Å². The van der Waals surface area contributed by atoms with Gasteiger partial charge in [-0.25, -0.2) is 4.79 Å². The van der Waals surface area contributed by atoms with Crippen LogP contribution in [0.5, 0.6) is 5.75 Å². The molecule has 0 fully saturated rings. The molecule has 0 atom stereocenters. The Morgan fingerprint density at radius 3 is 2.35 bits per heavy atom. The fraction of sp³-hybridized carbons (Fsp3) is 0.200. The second-order valence-electron chi connectivity index (χ2n) is 4.36. The highest BCUT2D eigenvalue weighted by Gasteiger charge is 2.08. The lowest BCUT2D eigenvalue weighted by Crippen LogP contribution is -2.24. The van der Waals surface area contributed by atoms with Gasteiger partial charge in [0, 0.05) is 6.92 Å². The average molecular weight is 275 g/mol. The molecule has 0 heterocycles. The number of ether oxygens (including phenoxy) is 1. The highest BCUT2D eigenvalue weighted by atomic mass is 16.5. The molecule has 1 amide bonds. The van der Waals surface area contributed by atoms with Crippen LogP contribution in [0.3, 0.4) is 0 Å². The van der Waals surface area contributed by atoms with Crippen molar-refractivity contribution in [2.45, 2.75) is 13.8 Å². The zero-order valence-corrected chi connectivity index (χ0v) is 11.5. The molecule has 2 N–H and O–H groups in total. The Labute approximate surface area is 117 Å². The van der Waals surface area contributed by atoms with Crippen molar-refractivity contribution in [2.75, 3.05) is 6.61 Å². The quantitative estimate of drug-likeness (QED) is 0.616. The van der Waals surface area contributed by atoms with E-state index in [2.05, 4.69) is 11.9 Å². The minimum Gasteiger partial charge on any atom is -0.489 e. The van der Waals surface area contributed by atoms with Crippen LogP contribution in [0.2, 0.25) is 0 Å². The molecule has 5 nitrogen and oxygen atoms in total. The summed E-state index contributed by atoms with van der Waals surface area (Å²) < 4.78 is 5.43. The largest absolute Gasteiger partial charge is 0.489 e. The number of carboxylic acid groups (broad SMARTS) is 1. The van der Waals surface area contributed by atoms with Crippen molar-refractivity contribution < 1.29 is 19.4 Å². The fourth-order valence-corrected chi connectivity index (χ4v) is 1.37. The number of hydrogen-bond acceptors (Lipinski definition) is 3.